The molecule has 0 bridgehead atoms. The Kier molecular flexibility index (Phi) is 6.26. The number of nitro benzene ring substituents is 1. The monoisotopic (exact) mass is 445 g/mol. The van der Waals surface area contributed by atoms with Crippen LogP contribution in [0, 0.1) is 10.1 Å². The van der Waals surface area contributed by atoms with Crippen molar-refractivity contribution in [3.05, 3.63) is 100 Å². The molecule has 8 nitrogen and oxygen atoms in total. The Balaban J connectivity index is 1.60. The fourth-order valence-electron chi connectivity index (χ4n) is 3.77. The second-order valence-electron chi connectivity index (χ2n) is 7.51. The Morgan fingerprint density at radius 3 is 2.36 bits per heavy atom. The van der Waals surface area contributed by atoms with E-state index in [1.54, 1.807) is 19.1 Å². The summed E-state index contributed by atoms with van der Waals surface area (Å²) >= 11 is 0. The first-order chi connectivity index (χ1) is 16.0. The van der Waals surface area contributed by atoms with Crippen LogP contribution in [0.4, 0.5) is 5.69 Å². The van der Waals surface area contributed by atoms with Gasteiger partial charge in [-0.25, -0.2) is 0 Å². The summed E-state index contributed by atoms with van der Waals surface area (Å²) in [5.41, 5.74) is 2.83. The lowest BCUT2D eigenvalue weighted by Gasteiger charge is -2.29. The summed E-state index contributed by atoms with van der Waals surface area (Å²) in [6, 6.07) is 20.8. The van der Waals surface area contributed by atoms with Crippen molar-refractivity contribution in [2.75, 3.05) is 20.8 Å². The second kappa shape index (κ2) is 9.44. The minimum atomic E-state index is -0.483. The highest BCUT2D eigenvalue weighted by Gasteiger charge is 2.26. The topological polar surface area (TPSA) is 97.7 Å². The average molecular weight is 445 g/mol. The molecule has 0 saturated carbocycles. The number of methoxy groups -OCH3 is 1. The molecule has 1 atom stereocenters. The number of aromatic amines is 1. The summed E-state index contributed by atoms with van der Waals surface area (Å²) in [6.07, 6.45) is 1.92. The Morgan fingerprint density at radius 1 is 1.03 bits per heavy atom. The molecule has 0 aliphatic carbocycles. The van der Waals surface area contributed by atoms with Crippen molar-refractivity contribution in [1.82, 2.24) is 9.88 Å². The molecule has 0 aliphatic heterocycles. The fraction of sp³-hybridized carbons (Fsp3) is 0.160. The minimum Gasteiger partial charge on any atom is -0.497 e. The van der Waals surface area contributed by atoms with E-state index in [1.165, 1.54) is 24.3 Å². The number of hydrogen-bond acceptors (Lipinski definition) is 5. The van der Waals surface area contributed by atoms with Crippen LogP contribution >= 0.6 is 0 Å². The Morgan fingerprint density at radius 2 is 1.70 bits per heavy atom. The van der Waals surface area contributed by atoms with Gasteiger partial charge in [-0.3, -0.25) is 14.9 Å². The van der Waals surface area contributed by atoms with Crippen molar-refractivity contribution in [2.45, 2.75) is 6.04 Å². The molecule has 4 rings (SSSR count). The highest BCUT2D eigenvalue weighted by atomic mass is 16.6. The zero-order valence-corrected chi connectivity index (χ0v) is 18.2. The van der Waals surface area contributed by atoms with Crippen LogP contribution in [0.5, 0.6) is 11.5 Å². The van der Waals surface area contributed by atoms with Gasteiger partial charge in [0.1, 0.15) is 11.5 Å². The molecule has 33 heavy (non-hydrogen) atoms. The lowest BCUT2D eigenvalue weighted by molar-refractivity contribution is -0.384. The number of nitrogens with zero attached hydrogens (tertiary/aromatic N) is 2. The Bertz CT molecular complexity index is 1270. The minimum absolute atomic E-state index is 0.0373. The first-order valence-electron chi connectivity index (χ1n) is 10.3. The van der Waals surface area contributed by atoms with Crippen LogP contribution in [0.3, 0.4) is 0 Å². The van der Waals surface area contributed by atoms with E-state index in [0.717, 1.165) is 27.8 Å². The zero-order valence-electron chi connectivity index (χ0n) is 18.2. The third-order valence-electron chi connectivity index (χ3n) is 5.54. The predicted octanol–water partition coefficient (Wildman–Crippen LogP) is 4.71. The standard InChI is InChI=1S/C25H23N3O5/c1-27(24(29)16-33-20-13-9-18(10-14-20)28(30)31)25(17-7-11-19(32-2)12-8-17)22-15-26-23-6-4-3-5-21(22)23/h3-15,25-26H,16H2,1-2H3/t25-/m1/s1. The van der Waals surface area contributed by atoms with E-state index in [4.69, 9.17) is 9.47 Å². The maximum Gasteiger partial charge on any atom is 0.269 e. The van der Waals surface area contributed by atoms with Crippen LogP contribution in [-0.2, 0) is 4.79 Å². The molecule has 3 aromatic carbocycles. The number of likely N-dealkylation sites (N-methyl/N-ethyl adjacent to an activating group) is 1. The van der Waals surface area contributed by atoms with Gasteiger partial charge in [0, 0.05) is 41.8 Å². The summed E-state index contributed by atoms with van der Waals surface area (Å²) in [5.74, 6) is 0.877. The van der Waals surface area contributed by atoms with Gasteiger partial charge >= 0.3 is 0 Å². The normalized spacial score (nSPS) is 11.7. The van der Waals surface area contributed by atoms with Crippen LogP contribution in [0.2, 0.25) is 0 Å². The molecule has 168 valence electrons. The summed E-state index contributed by atoms with van der Waals surface area (Å²) < 4.78 is 10.9. The number of benzene rings is 3. The summed E-state index contributed by atoms with van der Waals surface area (Å²) in [4.78, 5) is 28.4. The molecule has 1 N–H and O–H groups in total. The molecule has 0 aliphatic rings. The van der Waals surface area contributed by atoms with Crippen LogP contribution in [0.15, 0.2) is 79.0 Å². The predicted molar refractivity (Wildman–Crippen MR) is 124 cm³/mol. The van der Waals surface area contributed by atoms with Crippen LogP contribution in [0.1, 0.15) is 17.2 Å². The number of aromatic nitrogens is 1. The Labute approximate surface area is 190 Å². The van der Waals surface area contributed by atoms with Crippen LogP contribution in [0.25, 0.3) is 10.9 Å². The number of H-pyrrole nitrogens is 1. The number of carbonyl (C=O) groups is 1. The second-order valence-corrected chi connectivity index (χ2v) is 7.51. The third kappa shape index (κ3) is 4.64. The molecule has 0 fully saturated rings. The van der Waals surface area contributed by atoms with E-state index in [0.29, 0.717) is 5.75 Å². The lowest BCUT2D eigenvalue weighted by atomic mass is 9.96. The first kappa shape index (κ1) is 21.9. The number of amides is 1. The summed E-state index contributed by atoms with van der Waals surface area (Å²) in [6.45, 7) is -0.205. The van der Waals surface area contributed by atoms with Gasteiger partial charge in [0.25, 0.3) is 11.6 Å². The van der Waals surface area contributed by atoms with Crippen LogP contribution in [-0.4, -0.2) is 41.5 Å². The molecule has 4 aromatic rings. The maximum atomic E-state index is 13.1. The van der Waals surface area contributed by atoms with Gasteiger partial charge in [-0.05, 0) is 35.9 Å². The van der Waals surface area contributed by atoms with Gasteiger partial charge in [0.2, 0.25) is 0 Å². The number of hydrogen-bond donors (Lipinski definition) is 1. The van der Waals surface area contributed by atoms with E-state index in [-0.39, 0.29) is 24.2 Å². The van der Waals surface area contributed by atoms with Gasteiger partial charge in [0.15, 0.2) is 6.61 Å². The average Bonchev–Trinajstić information content (AvgIpc) is 3.27. The van der Waals surface area contributed by atoms with Gasteiger partial charge in [-0.1, -0.05) is 30.3 Å². The van der Waals surface area contributed by atoms with Crippen LogP contribution < -0.4 is 9.47 Å². The maximum absolute atomic E-state index is 13.1. The molecule has 0 unspecified atom stereocenters. The first-order valence-corrected chi connectivity index (χ1v) is 10.3. The number of rotatable bonds is 8. The summed E-state index contributed by atoms with van der Waals surface area (Å²) in [7, 11) is 3.34. The number of nitrogens with one attached hydrogen (secondary N) is 1. The number of carbonyl (C=O) groups excluding carboxylic acids is 1. The molecule has 1 heterocycles. The quantitative estimate of drug-likeness (QED) is 0.313. The fourth-order valence-corrected chi connectivity index (χ4v) is 3.77. The highest BCUT2D eigenvalue weighted by molar-refractivity contribution is 5.85. The van der Waals surface area contributed by atoms with Gasteiger partial charge in [-0.2, -0.15) is 0 Å². The molecular weight excluding hydrogens is 422 g/mol. The zero-order chi connectivity index (χ0) is 23.4. The smallest absolute Gasteiger partial charge is 0.269 e. The van der Waals surface area contributed by atoms with E-state index < -0.39 is 4.92 Å². The summed E-state index contributed by atoms with van der Waals surface area (Å²) in [5, 5.41) is 11.8. The number of fused-ring (bicyclic) bond motifs is 1. The molecule has 1 aromatic heterocycles. The van der Waals surface area contributed by atoms with E-state index in [2.05, 4.69) is 4.98 Å². The number of non-ortho nitro benzene ring substituents is 1. The number of para-hydroxylation sites is 1. The highest BCUT2D eigenvalue weighted by Crippen LogP contribution is 2.34. The lowest BCUT2D eigenvalue weighted by Crippen LogP contribution is -2.35. The number of nitro groups is 1. The molecule has 8 heteroatoms. The molecule has 0 saturated heterocycles. The van der Waals surface area contributed by atoms with Crippen molar-refractivity contribution >= 4 is 22.5 Å². The SMILES string of the molecule is COc1ccc([C@H](c2c[nH]c3ccccc23)N(C)C(=O)COc2ccc([N+](=O)[O-])cc2)cc1. The number of ether oxygens (including phenoxy) is 2. The molecule has 0 spiro atoms. The van der Waals surface area contributed by atoms with E-state index in [9.17, 15) is 14.9 Å². The Hall–Kier alpha value is -4.33. The van der Waals surface area contributed by atoms with Crippen molar-refractivity contribution in [1.29, 1.82) is 0 Å². The molecule has 0 radical (unpaired) electrons. The third-order valence-corrected chi connectivity index (χ3v) is 5.54. The van der Waals surface area contributed by atoms with E-state index in [1.807, 2.05) is 54.7 Å². The van der Waals surface area contributed by atoms with Gasteiger partial charge in [-0.15, -0.1) is 0 Å². The molecular formula is C25H23N3O5. The van der Waals surface area contributed by atoms with Crippen molar-refractivity contribution in [3.63, 3.8) is 0 Å². The van der Waals surface area contributed by atoms with Gasteiger partial charge < -0.3 is 19.4 Å². The van der Waals surface area contributed by atoms with Crippen molar-refractivity contribution in [2.24, 2.45) is 0 Å². The van der Waals surface area contributed by atoms with Crippen molar-refractivity contribution < 1.29 is 19.2 Å². The largest absolute Gasteiger partial charge is 0.497 e. The van der Waals surface area contributed by atoms with Crippen molar-refractivity contribution in [3.8, 4) is 11.5 Å². The van der Waals surface area contributed by atoms with E-state index >= 15 is 0 Å². The molecule has 1 amide bonds. The van der Waals surface area contributed by atoms with Gasteiger partial charge in [0.05, 0.1) is 18.1 Å².